The van der Waals surface area contributed by atoms with Gasteiger partial charge in [-0.15, -0.1) is 0 Å². The van der Waals surface area contributed by atoms with Crippen LogP contribution < -0.4 is 10.8 Å². The maximum atomic E-state index is 5.52. The molecule has 1 aliphatic rings. The fourth-order valence-electron chi connectivity index (χ4n) is 1.63. The summed E-state index contributed by atoms with van der Waals surface area (Å²) in [7, 11) is -0.221. The minimum atomic E-state index is -0.129. The van der Waals surface area contributed by atoms with Crippen molar-refractivity contribution in [3.8, 4) is 0 Å². The molecule has 1 aliphatic heterocycles. The lowest BCUT2D eigenvalue weighted by molar-refractivity contribution is 0.365. The highest BCUT2D eigenvalue weighted by Crippen LogP contribution is 2.22. The van der Waals surface area contributed by atoms with Crippen LogP contribution in [0.25, 0.3) is 0 Å². The van der Waals surface area contributed by atoms with Crippen molar-refractivity contribution in [3.63, 3.8) is 0 Å². The minimum absolute atomic E-state index is 0.0925. The van der Waals surface area contributed by atoms with Gasteiger partial charge in [0.2, 0.25) is 0 Å². The largest absolute Gasteiger partial charge is 0.494 e. The van der Waals surface area contributed by atoms with Gasteiger partial charge in [-0.05, 0) is 24.1 Å². The molecule has 0 atom stereocenters. The second-order valence-corrected chi connectivity index (χ2v) is 5.80. The van der Waals surface area contributed by atoms with Crippen LogP contribution in [0.4, 0.5) is 0 Å². The lowest BCUT2D eigenvalue weighted by Gasteiger charge is -2.13. The van der Waals surface area contributed by atoms with Crippen molar-refractivity contribution in [2.45, 2.75) is 0 Å². The van der Waals surface area contributed by atoms with E-state index in [0.29, 0.717) is 13.2 Å². The molecule has 1 heterocycles. The molecule has 0 unspecified atom stereocenters. The first kappa shape index (κ1) is 10.2. The van der Waals surface area contributed by atoms with Crippen LogP contribution in [0, 0.1) is 0 Å². The van der Waals surface area contributed by atoms with Crippen molar-refractivity contribution in [1.82, 2.24) is 0 Å². The molecule has 0 N–H and O–H groups in total. The van der Waals surface area contributed by atoms with E-state index in [2.05, 4.69) is 31.5 Å². The molecule has 0 aliphatic carbocycles. The van der Waals surface area contributed by atoms with Crippen molar-refractivity contribution >= 4 is 25.8 Å². The van der Waals surface area contributed by atoms with Crippen LogP contribution in [0.1, 0.15) is 0 Å². The summed E-state index contributed by atoms with van der Waals surface area (Å²) in [6, 6.07) is 8.40. The molecule has 14 heavy (non-hydrogen) atoms. The molecule has 74 valence electrons. The van der Waals surface area contributed by atoms with Crippen LogP contribution in [0.2, 0.25) is 0 Å². The quantitative estimate of drug-likeness (QED) is 0.528. The third-order valence-corrected chi connectivity index (χ3v) is 3.67. The molecule has 1 aromatic carbocycles. The van der Waals surface area contributed by atoms with Crippen molar-refractivity contribution in [3.05, 3.63) is 24.3 Å². The Bertz CT molecular complexity index is 311. The zero-order valence-corrected chi connectivity index (χ0v) is 9.46. The molecule has 0 amide bonds. The van der Waals surface area contributed by atoms with Gasteiger partial charge in [0.25, 0.3) is 0 Å². The van der Waals surface area contributed by atoms with Gasteiger partial charge in [0.05, 0.1) is 13.2 Å². The molecule has 4 heteroatoms. The standard InChI is InChI=1S/C10H14BO2P/c1-14(2)10-6-4-3-5-9(10)11-12-7-8-13-11/h3-6H,7-8H2,1-2H3. The molecular weight excluding hydrogens is 194 g/mol. The van der Waals surface area contributed by atoms with Gasteiger partial charge in [-0.25, -0.2) is 0 Å². The van der Waals surface area contributed by atoms with E-state index in [1.807, 2.05) is 6.07 Å². The van der Waals surface area contributed by atoms with Gasteiger partial charge in [0.15, 0.2) is 0 Å². The molecule has 2 rings (SSSR count). The Labute approximate surface area is 86.5 Å². The summed E-state index contributed by atoms with van der Waals surface area (Å²) in [6.45, 7) is 5.93. The molecule has 0 spiro atoms. The van der Waals surface area contributed by atoms with Crippen molar-refractivity contribution in [2.24, 2.45) is 0 Å². The van der Waals surface area contributed by atoms with Gasteiger partial charge in [-0.1, -0.05) is 32.2 Å². The lowest BCUT2D eigenvalue weighted by Crippen LogP contribution is -2.40. The monoisotopic (exact) mass is 208 g/mol. The second-order valence-electron chi connectivity index (χ2n) is 3.53. The van der Waals surface area contributed by atoms with Gasteiger partial charge in [0, 0.05) is 0 Å². The smallest absolute Gasteiger partial charge is 0.405 e. The van der Waals surface area contributed by atoms with Gasteiger partial charge in [-0.2, -0.15) is 0 Å². The molecule has 0 bridgehead atoms. The summed E-state index contributed by atoms with van der Waals surface area (Å²) < 4.78 is 11.0. The second kappa shape index (κ2) is 4.44. The van der Waals surface area contributed by atoms with E-state index in [0.717, 1.165) is 0 Å². The molecule has 0 radical (unpaired) electrons. The summed E-state index contributed by atoms with van der Waals surface area (Å²) in [5.74, 6) is 0. The molecule has 0 aromatic heterocycles. The maximum Gasteiger partial charge on any atom is 0.494 e. The van der Waals surface area contributed by atoms with Crippen LogP contribution in [-0.4, -0.2) is 33.7 Å². The van der Waals surface area contributed by atoms with E-state index in [1.54, 1.807) is 0 Å². The Morgan fingerprint density at radius 1 is 1.14 bits per heavy atom. The number of hydrogen-bond acceptors (Lipinski definition) is 2. The lowest BCUT2D eigenvalue weighted by atomic mass is 9.79. The van der Waals surface area contributed by atoms with Gasteiger partial charge < -0.3 is 9.31 Å². The van der Waals surface area contributed by atoms with E-state index in [9.17, 15) is 0 Å². The Morgan fingerprint density at radius 2 is 1.79 bits per heavy atom. The zero-order valence-electron chi connectivity index (χ0n) is 8.56. The number of benzene rings is 1. The van der Waals surface area contributed by atoms with E-state index in [-0.39, 0.29) is 15.0 Å². The fraction of sp³-hybridized carbons (Fsp3) is 0.400. The molecule has 1 saturated heterocycles. The molecule has 1 aromatic rings. The average Bonchev–Trinajstić information content (AvgIpc) is 2.70. The van der Waals surface area contributed by atoms with E-state index in [1.165, 1.54) is 10.8 Å². The Morgan fingerprint density at radius 3 is 2.43 bits per heavy atom. The third-order valence-electron chi connectivity index (χ3n) is 2.29. The third kappa shape index (κ3) is 2.00. The van der Waals surface area contributed by atoms with E-state index in [4.69, 9.17) is 9.31 Å². The van der Waals surface area contributed by atoms with Crippen molar-refractivity contribution < 1.29 is 9.31 Å². The van der Waals surface area contributed by atoms with Crippen LogP contribution in [-0.2, 0) is 9.31 Å². The molecule has 1 fully saturated rings. The highest BCUT2D eigenvalue weighted by molar-refractivity contribution is 7.64. The predicted octanol–water partition coefficient (Wildman–Crippen LogP) is 0.795. The SMILES string of the molecule is CP(C)c1ccccc1B1OCCO1. The topological polar surface area (TPSA) is 18.5 Å². The number of hydrogen-bond donors (Lipinski definition) is 0. The minimum Gasteiger partial charge on any atom is -0.405 e. The van der Waals surface area contributed by atoms with Gasteiger partial charge in [0.1, 0.15) is 0 Å². The fourth-order valence-corrected chi connectivity index (χ4v) is 2.71. The van der Waals surface area contributed by atoms with E-state index < -0.39 is 0 Å². The maximum absolute atomic E-state index is 5.52. The summed E-state index contributed by atoms with van der Waals surface area (Å²) in [5, 5.41) is 1.38. The summed E-state index contributed by atoms with van der Waals surface area (Å²) in [5.41, 5.74) is 1.21. The summed E-state index contributed by atoms with van der Waals surface area (Å²) in [4.78, 5) is 0. The van der Waals surface area contributed by atoms with Gasteiger partial charge >= 0.3 is 7.12 Å². The van der Waals surface area contributed by atoms with Crippen LogP contribution >= 0.6 is 7.92 Å². The van der Waals surface area contributed by atoms with Gasteiger partial charge in [-0.3, -0.25) is 0 Å². The number of rotatable bonds is 2. The summed E-state index contributed by atoms with van der Waals surface area (Å²) >= 11 is 0. The molecular formula is C10H14BO2P. The van der Waals surface area contributed by atoms with Crippen molar-refractivity contribution in [2.75, 3.05) is 26.5 Å². The average molecular weight is 208 g/mol. The van der Waals surface area contributed by atoms with E-state index >= 15 is 0 Å². The Balaban J connectivity index is 2.30. The highest BCUT2D eigenvalue weighted by atomic mass is 31.1. The Hall–Kier alpha value is -0.365. The summed E-state index contributed by atoms with van der Waals surface area (Å²) in [6.07, 6.45) is 0. The Kier molecular flexibility index (Phi) is 3.22. The first-order valence-electron chi connectivity index (χ1n) is 4.78. The van der Waals surface area contributed by atoms with Crippen LogP contribution in [0.5, 0.6) is 0 Å². The molecule has 0 saturated carbocycles. The first-order valence-corrected chi connectivity index (χ1v) is 7.02. The van der Waals surface area contributed by atoms with Crippen molar-refractivity contribution in [1.29, 1.82) is 0 Å². The van der Waals surface area contributed by atoms with Crippen LogP contribution in [0.3, 0.4) is 0 Å². The van der Waals surface area contributed by atoms with Crippen LogP contribution in [0.15, 0.2) is 24.3 Å². The predicted molar refractivity (Wildman–Crippen MR) is 62.1 cm³/mol. The zero-order chi connectivity index (χ0) is 9.97. The first-order chi connectivity index (χ1) is 6.79. The normalized spacial score (nSPS) is 16.6. The molecule has 2 nitrogen and oxygen atoms in total. The highest BCUT2D eigenvalue weighted by Gasteiger charge is 2.28.